The first-order valence-electron chi connectivity index (χ1n) is 11.9. The van der Waals surface area contributed by atoms with E-state index >= 15 is 0 Å². The minimum Gasteiger partial charge on any atom is -0.383 e. The Labute approximate surface area is 213 Å². The summed E-state index contributed by atoms with van der Waals surface area (Å²) >= 11 is 1.68. The number of hydrogen-bond donors (Lipinski definition) is 0. The van der Waals surface area contributed by atoms with Crippen molar-refractivity contribution in [3.8, 4) is 0 Å². The lowest BCUT2D eigenvalue weighted by atomic mass is 9.93. The van der Waals surface area contributed by atoms with Crippen LogP contribution in [0.15, 0.2) is 78.2 Å². The Morgan fingerprint density at radius 3 is 2.64 bits per heavy atom. The number of methoxy groups -OCH3 is 1. The van der Waals surface area contributed by atoms with Crippen molar-refractivity contribution >= 4 is 33.9 Å². The first-order chi connectivity index (χ1) is 17.6. The van der Waals surface area contributed by atoms with Gasteiger partial charge in [0.15, 0.2) is 0 Å². The van der Waals surface area contributed by atoms with Crippen molar-refractivity contribution < 1.29 is 18.7 Å². The smallest absolute Gasteiger partial charge is 0.255 e. The normalized spacial score (nSPS) is 15.1. The van der Waals surface area contributed by atoms with Crippen molar-refractivity contribution in [1.82, 2.24) is 9.80 Å². The van der Waals surface area contributed by atoms with Gasteiger partial charge in [0.2, 0.25) is 5.91 Å². The predicted octanol–water partition coefficient (Wildman–Crippen LogP) is 5.30. The van der Waals surface area contributed by atoms with Gasteiger partial charge in [0, 0.05) is 30.6 Å². The molecule has 0 radical (unpaired) electrons. The molecule has 184 valence electrons. The fourth-order valence-corrected chi connectivity index (χ4v) is 5.78. The topological polar surface area (TPSA) is 49.9 Å². The Hall–Kier alpha value is -3.55. The van der Waals surface area contributed by atoms with Gasteiger partial charge in [0.25, 0.3) is 5.91 Å². The van der Waals surface area contributed by atoms with E-state index in [4.69, 9.17) is 4.74 Å². The molecule has 0 aliphatic carbocycles. The Bertz CT molecular complexity index is 1380. The highest BCUT2D eigenvalue weighted by Gasteiger charge is 2.34. The Morgan fingerprint density at radius 1 is 1.06 bits per heavy atom. The van der Waals surface area contributed by atoms with Gasteiger partial charge in [0.1, 0.15) is 12.4 Å². The molecule has 3 aromatic carbocycles. The summed E-state index contributed by atoms with van der Waals surface area (Å²) < 4.78 is 18.9. The summed E-state index contributed by atoms with van der Waals surface area (Å²) in [5.41, 5.74) is 2.48. The quantitative estimate of drug-likeness (QED) is 0.345. The second-order valence-corrected chi connectivity index (χ2v) is 9.84. The number of hydrogen-bond acceptors (Lipinski definition) is 4. The molecule has 1 aliphatic heterocycles. The molecule has 0 N–H and O–H groups in total. The Kier molecular flexibility index (Phi) is 7.11. The third-order valence-corrected chi connectivity index (χ3v) is 7.67. The average molecular weight is 503 g/mol. The monoisotopic (exact) mass is 502 g/mol. The van der Waals surface area contributed by atoms with Crippen LogP contribution in [0.3, 0.4) is 0 Å². The summed E-state index contributed by atoms with van der Waals surface area (Å²) in [4.78, 5) is 32.1. The fraction of sp³-hybridized carbons (Fsp3) is 0.241. The summed E-state index contributed by atoms with van der Waals surface area (Å²) in [6, 6.07) is 21.4. The van der Waals surface area contributed by atoms with Gasteiger partial charge in [-0.05, 0) is 58.0 Å². The van der Waals surface area contributed by atoms with Crippen molar-refractivity contribution in [2.45, 2.75) is 12.5 Å². The maximum Gasteiger partial charge on any atom is 0.255 e. The molecule has 1 atom stereocenters. The second kappa shape index (κ2) is 10.6. The Balaban J connectivity index is 1.45. The summed E-state index contributed by atoms with van der Waals surface area (Å²) in [5.74, 6) is -0.668. The highest BCUT2D eigenvalue weighted by Crippen LogP contribution is 2.38. The third-order valence-electron chi connectivity index (χ3n) is 6.67. The van der Waals surface area contributed by atoms with Crippen molar-refractivity contribution in [2.75, 3.05) is 33.4 Å². The van der Waals surface area contributed by atoms with Crippen LogP contribution in [0.1, 0.15) is 32.4 Å². The lowest BCUT2D eigenvalue weighted by Gasteiger charge is -2.37. The minimum atomic E-state index is -0.315. The number of halogens is 1. The average Bonchev–Trinajstić information content (AvgIpc) is 3.39. The third kappa shape index (κ3) is 4.76. The van der Waals surface area contributed by atoms with Gasteiger partial charge in [-0.1, -0.05) is 48.5 Å². The summed E-state index contributed by atoms with van der Waals surface area (Å²) in [7, 11) is 1.58. The van der Waals surface area contributed by atoms with Gasteiger partial charge in [-0.3, -0.25) is 9.59 Å². The van der Waals surface area contributed by atoms with Crippen LogP contribution in [0.5, 0.6) is 0 Å². The van der Waals surface area contributed by atoms with Gasteiger partial charge >= 0.3 is 0 Å². The van der Waals surface area contributed by atoms with Gasteiger partial charge in [-0.25, -0.2) is 4.39 Å². The molecule has 4 aromatic rings. The van der Waals surface area contributed by atoms with Crippen LogP contribution in [0.4, 0.5) is 4.39 Å². The van der Waals surface area contributed by atoms with Gasteiger partial charge < -0.3 is 14.5 Å². The zero-order chi connectivity index (χ0) is 25.1. The maximum atomic E-state index is 13.8. The van der Waals surface area contributed by atoms with E-state index in [9.17, 15) is 14.0 Å². The van der Waals surface area contributed by atoms with Crippen LogP contribution in [0.25, 0.3) is 10.8 Å². The molecule has 0 saturated heterocycles. The van der Waals surface area contributed by atoms with Crippen LogP contribution in [-0.2, 0) is 16.0 Å². The number of amides is 2. The summed E-state index contributed by atoms with van der Waals surface area (Å²) in [6.07, 6.45) is 0.756. The molecular formula is C29H27FN2O3S. The minimum absolute atomic E-state index is 0.0669. The number of fused-ring (bicyclic) bond motifs is 2. The number of nitrogens with zero attached hydrogens (tertiary/aromatic N) is 2. The molecule has 1 aliphatic rings. The SMILES string of the molecule is COCCN(CC(=O)N1CCc2sccc2C1c1ccc(F)cc1)C(=O)c1cccc2ccccc12. The number of benzene rings is 3. The van der Waals surface area contributed by atoms with Gasteiger partial charge in [0.05, 0.1) is 12.6 Å². The van der Waals surface area contributed by atoms with E-state index < -0.39 is 0 Å². The molecule has 2 heterocycles. The zero-order valence-corrected chi connectivity index (χ0v) is 20.8. The predicted molar refractivity (Wildman–Crippen MR) is 140 cm³/mol. The van der Waals surface area contributed by atoms with E-state index in [0.29, 0.717) is 25.3 Å². The zero-order valence-electron chi connectivity index (χ0n) is 20.0. The molecule has 0 bridgehead atoms. The molecule has 1 aromatic heterocycles. The van der Waals surface area contributed by atoms with Crippen molar-refractivity contribution in [1.29, 1.82) is 0 Å². The summed E-state index contributed by atoms with van der Waals surface area (Å²) in [6.45, 7) is 1.08. The van der Waals surface area contributed by atoms with Gasteiger partial charge in [-0.2, -0.15) is 0 Å². The molecule has 5 nitrogen and oxygen atoms in total. The second-order valence-electron chi connectivity index (χ2n) is 8.84. The fourth-order valence-electron chi connectivity index (χ4n) is 4.88. The first kappa shape index (κ1) is 24.2. The number of ether oxygens (including phenoxy) is 1. The van der Waals surface area contributed by atoms with E-state index in [2.05, 4.69) is 0 Å². The molecule has 36 heavy (non-hydrogen) atoms. The molecule has 1 unspecified atom stereocenters. The Morgan fingerprint density at radius 2 is 1.83 bits per heavy atom. The van der Waals surface area contributed by atoms with Crippen LogP contribution in [-0.4, -0.2) is 55.0 Å². The number of thiophene rings is 1. The maximum absolute atomic E-state index is 13.8. The molecular weight excluding hydrogens is 475 g/mol. The number of carbonyl (C=O) groups is 2. The first-order valence-corrected chi connectivity index (χ1v) is 12.8. The molecule has 0 spiro atoms. The molecule has 5 rings (SSSR count). The standard InChI is InChI=1S/C29H27FN2O3S/c1-35-17-16-31(29(34)24-8-4-6-20-5-2-3-7-23(20)24)19-27(33)32-15-13-26-25(14-18-36-26)28(32)21-9-11-22(30)12-10-21/h2-12,14,18,28H,13,15-17,19H2,1H3. The van der Waals surface area contributed by atoms with E-state index in [1.807, 2.05) is 52.7 Å². The summed E-state index contributed by atoms with van der Waals surface area (Å²) in [5, 5.41) is 3.85. The highest BCUT2D eigenvalue weighted by molar-refractivity contribution is 7.10. The number of rotatable bonds is 7. The van der Waals surface area contributed by atoms with Crippen LogP contribution in [0.2, 0.25) is 0 Å². The van der Waals surface area contributed by atoms with Gasteiger partial charge in [-0.15, -0.1) is 11.3 Å². The van der Waals surface area contributed by atoms with E-state index in [1.165, 1.54) is 17.0 Å². The van der Waals surface area contributed by atoms with Crippen LogP contribution < -0.4 is 0 Å². The lowest BCUT2D eigenvalue weighted by Crippen LogP contribution is -2.47. The molecule has 0 saturated carbocycles. The van der Waals surface area contributed by atoms with Crippen molar-refractivity contribution in [3.05, 3.63) is 106 Å². The van der Waals surface area contributed by atoms with Crippen molar-refractivity contribution in [3.63, 3.8) is 0 Å². The number of carbonyl (C=O) groups excluding carboxylic acids is 2. The van der Waals surface area contributed by atoms with E-state index in [-0.39, 0.29) is 30.2 Å². The molecule has 7 heteroatoms. The van der Waals surface area contributed by atoms with E-state index in [1.54, 1.807) is 41.5 Å². The van der Waals surface area contributed by atoms with Crippen molar-refractivity contribution in [2.24, 2.45) is 0 Å². The highest BCUT2D eigenvalue weighted by atomic mass is 32.1. The van der Waals surface area contributed by atoms with Crippen LogP contribution >= 0.6 is 11.3 Å². The largest absolute Gasteiger partial charge is 0.383 e. The van der Waals surface area contributed by atoms with E-state index in [0.717, 1.165) is 28.3 Å². The lowest BCUT2D eigenvalue weighted by molar-refractivity contribution is -0.134. The molecule has 0 fully saturated rings. The molecule has 2 amide bonds. The van der Waals surface area contributed by atoms with Crippen LogP contribution in [0, 0.1) is 5.82 Å².